The lowest BCUT2D eigenvalue weighted by molar-refractivity contribution is -0.120. The van der Waals surface area contributed by atoms with Gasteiger partial charge in [-0.25, -0.2) is 9.38 Å². The van der Waals surface area contributed by atoms with E-state index in [-0.39, 0.29) is 42.1 Å². The molecule has 2 aromatic rings. The summed E-state index contributed by atoms with van der Waals surface area (Å²) >= 11 is 0. The van der Waals surface area contributed by atoms with E-state index in [9.17, 15) is 9.18 Å². The zero-order chi connectivity index (χ0) is 20.2. The smallest absolute Gasteiger partial charge is 0.224 e. The monoisotopic (exact) mass is 514 g/mol. The fraction of sp³-hybridized carbons (Fsp3) is 0.333. The number of hydrogen-bond acceptors (Lipinski definition) is 3. The van der Waals surface area contributed by atoms with Crippen molar-refractivity contribution in [2.24, 2.45) is 4.99 Å². The second kappa shape index (κ2) is 13.8. The van der Waals surface area contributed by atoms with Crippen molar-refractivity contribution in [3.8, 4) is 5.75 Å². The zero-order valence-electron chi connectivity index (χ0n) is 16.7. The van der Waals surface area contributed by atoms with E-state index in [2.05, 4.69) is 20.9 Å². The normalized spacial score (nSPS) is 10.7. The van der Waals surface area contributed by atoms with E-state index in [1.165, 1.54) is 12.1 Å². The number of carbonyl (C=O) groups excluding carboxylic acids is 1. The topological polar surface area (TPSA) is 74.8 Å². The molecule has 158 valence electrons. The molecule has 2 rings (SSSR count). The van der Waals surface area contributed by atoms with Crippen LogP contribution in [0.2, 0.25) is 0 Å². The summed E-state index contributed by atoms with van der Waals surface area (Å²) in [6.07, 6.45) is 0.155. The summed E-state index contributed by atoms with van der Waals surface area (Å²) in [7, 11) is 1.64. The third-order valence-electron chi connectivity index (χ3n) is 3.89. The van der Waals surface area contributed by atoms with Crippen LogP contribution in [0.4, 0.5) is 4.39 Å². The average molecular weight is 514 g/mol. The molecular weight excluding hydrogens is 486 g/mol. The maximum atomic E-state index is 13.2. The number of hydrogen-bond donors (Lipinski definition) is 3. The first-order chi connectivity index (χ1) is 13.6. The van der Waals surface area contributed by atoms with E-state index in [1.807, 2.05) is 31.2 Å². The molecule has 0 aromatic heterocycles. The summed E-state index contributed by atoms with van der Waals surface area (Å²) in [4.78, 5) is 16.5. The molecule has 0 bridgehead atoms. The van der Waals surface area contributed by atoms with Crippen molar-refractivity contribution < 1.29 is 13.9 Å². The molecule has 0 aliphatic carbocycles. The van der Waals surface area contributed by atoms with Gasteiger partial charge in [-0.05, 0) is 42.3 Å². The first-order valence-electron chi connectivity index (χ1n) is 9.27. The largest absolute Gasteiger partial charge is 0.497 e. The Balaban J connectivity index is 0.00000420. The van der Waals surface area contributed by atoms with Crippen LogP contribution in [0.25, 0.3) is 0 Å². The van der Waals surface area contributed by atoms with Gasteiger partial charge >= 0.3 is 0 Å². The SMILES string of the molecule is CCNC(=NCc1cccc(OC)c1)NCCNC(=O)Cc1cccc(F)c1.I. The molecule has 0 fully saturated rings. The molecule has 1 amide bonds. The molecule has 0 saturated carbocycles. The third kappa shape index (κ3) is 9.60. The van der Waals surface area contributed by atoms with Crippen LogP contribution in [0, 0.1) is 5.82 Å². The Morgan fingerprint density at radius 3 is 2.48 bits per heavy atom. The van der Waals surface area contributed by atoms with Crippen molar-refractivity contribution in [2.45, 2.75) is 19.9 Å². The summed E-state index contributed by atoms with van der Waals surface area (Å²) in [6.45, 7) is 4.20. The van der Waals surface area contributed by atoms with Gasteiger partial charge in [0.05, 0.1) is 20.1 Å². The van der Waals surface area contributed by atoms with Crippen molar-refractivity contribution >= 4 is 35.8 Å². The molecule has 0 atom stereocenters. The standard InChI is InChI=1S/C21H27FN4O2.HI/c1-3-23-21(26-15-17-7-5-9-19(13-17)28-2)25-11-10-24-20(27)14-16-6-4-8-18(22)12-16;/h4-9,12-13H,3,10-11,14-15H2,1-2H3,(H,24,27)(H2,23,25,26);1H. The van der Waals surface area contributed by atoms with Gasteiger partial charge in [-0.1, -0.05) is 24.3 Å². The number of aliphatic imine (C=N–C) groups is 1. The maximum Gasteiger partial charge on any atom is 0.224 e. The number of benzene rings is 2. The summed E-state index contributed by atoms with van der Waals surface area (Å²) in [5.41, 5.74) is 1.69. The van der Waals surface area contributed by atoms with Crippen molar-refractivity contribution in [3.63, 3.8) is 0 Å². The fourth-order valence-electron chi connectivity index (χ4n) is 2.56. The molecule has 0 aliphatic heterocycles. The highest BCUT2D eigenvalue weighted by atomic mass is 127. The Bertz CT molecular complexity index is 802. The fourth-order valence-corrected chi connectivity index (χ4v) is 2.56. The summed E-state index contributed by atoms with van der Waals surface area (Å²) in [5, 5.41) is 9.16. The molecule has 6 nitrogen and oxygen atoms in total. The second-order valence-corrected chi connectivity index (χ2v) is 6.13. The highest BCUT2D eigenvalue weighted by Crippen LogP contribution is 2.13. The van der Waals surface area contributed by atoms with Gasteiger partial charge in [-0.2, -0.15) is 0 Å². The predicted octanol–water partition coefficient (Wildman–Crippen LogP) is 2.87. The van der Waals surface area contributed by atoms with E-state index in [0.717, 1.165) is 17.9 Å². The quantitative estimate of drug-likeness (QED) is 0.208. The molecule has 0 radical (unpaired) electrons. The van der Waals surface area contributed by atoms with E-state index >= 15 is 0 Å². The molecular formula is C21H28FIN4O2. The Kier molecular flexibility index (Phi) is 11.7. The van der Waals surface area contributed by atoms with Crippen LogP contribution in [0.1, 0.15) is 18.1 Å². The number of halogens is 2. The van der Waals surface area contributed by atoms with Gasteiger partial charge in [0.15, 0.2) is 5.96 Å². The van der Waals surface area contributed by atoms with E-state index in [4.69, 9.17) is 4.74 Å². The maximum absolute atomic E-state index is 13.2. The van der Waals surface area contributed by atoms with E-state index in [1.54, 1.807) is 19.2 Å². The summed E-state index contributed by atoms with van der Waals surface area (Å²) in [5.74, 6) is 0.983. The minimum absolute atomic E-state index is 0. The summed E-state index contributed by atoms with van der Waals surface area (Å²) in [6, 6.07) is 13.8. The molecule has 0 aliphatic rings. The first-order valence-corrected chi connectivity index (χ1v) is 9.27. The highest BCUT2D eigenvalue weighted by molar-refractivity contribution is 14.0. The molecule has 8 heteroatoms. The van der Waals surface area contributed by atoms with Crippen LogP contribution >= 0.6 is 24.0 Å². The predicted molar refractivity (Wildman–Crippen MR) is 124 cm³/mol. The van der Waals surface area contributed by atoms with Crippen molar-refractivity contribution in [3.05, 3.63) is 65.5 Å². The molecule has 29 heavy (non-hydrogen) atoms. The number of amides is 1. The van der Waals surface area contributed by atoms with E-state index in [0.29, 0.717) is 31.2 Å². The van der Waals surface area contributed by atoms with Crippen molar-refractivity contribution in [1.29, 1.82) is 0 Å². The molecule has 0 heterocycles. The Labute approximate surface area is 188 Å². The van der Waals surface area contributed by atoms with Gasteiger partial charge in [0.1, 0.15) is 11.6 Å². The molecule has 2 aromatic carbocycles. The summed E-state index contributed by atoms with van der Waals surface area (Å²) < 4.78 is 18.4. The van der Waals surface area contributed by atoms with Crippen molar-refractivity contribution in [1.82, 2.24) is 16.0 Å². The number of rotatable bonds is 9. The number of nitrogens with zero attached hydrogens (tertiary/aromatic N) is 1. The molecule has 3 N–H and O–H groups in total. The van der Waals surface area contributed by atoms with Crippen LogP contribution < -0.4 is 20.7 Å². The number of ether oxygens (including phenoxy) is 1. The van der Waals surface area contributed by atoms with Crippen molar-refractivity contribution in [2.75, 3.05) is 26.7 Å². The second-order valence-electron chi connectivity index (χ2n) is 6.13. The van der Waals surface area contributed by atoms with Gasteiger partial charge in [-0.15, -0.1) is 24.0 Å². The average Bonchev–Trinajstić information content (AvgIpc) is 2.69. The highest BCUT2D eigenvalue weighted by Gasteiger charge is 2.04. The Hall–Kier alpha value is -2.36. The van der Waals surface area contributed by atoms with Gasteiger partial charge in [0.25, 0.3) is 0 Å². The minimum atomic E-state index is -0.338. The number of methoxy groups -OCH3 is 1. The number of guanidine groups is 1. The van der Waals surface area contributed by atoms with Crippen LogP contribution in [0.3, 0.4) is 0 Å². The van der Waals surface area contributed by atoms with Gasteiger partial charge in [-0.3, -0.25) is 4.79 Å². The lowest BCUT2D eigenvalue weighted by Crippen LogP contribution is -2.41. The van der Waals surface area contributed by atoms with Crippen LogP contribution in [-0.4, -0.2) is 38.6 Å². The van der Waals surface area contributed by atoms with Gasteiger partial charge in [0.2, 0.25) is 5.91 Å². The van der Waals surface area contributed by atoms with Gasteiger partial charge < -0.3 is 20.7 Å². The molecule has 0 unspecified atom stereocenters. The van der Waals surface area contributed by atoms with Crippen LogP contribution in [0.15, 0.2) is 53.5 Å². The minimum Gasteiger partial charge on any atom is -0.497 e. The molecule has 0 spiro atoms. The molecule has 0 saturated heterocycles. The Morgan fingerprint density at radius 2 is 1.76 bits per heavy atom. The Morgan fingerprint density at radius 1 is 1.03 bits per heavy atom. The number of nitrogens with one attached hydrogen (secondary N) is 3. The lowest BCUT2D eigenvalue weighted by Gasteiger charge is -2.12. The van der Waals surface area contributed by atoms with Crippen LogP contribution in [0.5, 0.6) is 5.75 Å². The lowest BCUT2D eigenvalue weighted by atomic mass is 10.1. The van der Waals surface area contributed by atoms with Gasteiger partial charge in [0, 0.05) is 19.6 Å². The van der Waals surface area contributed by atoms with E-state index < -0.39 is 0 Å². The zero-order valence-corrected chi connectivity index (χ0v) is 19.0. The number of carbonyl (C=O) groups is 1. The first kappa shape index (κ1) is 24.7. The third-order valence-corrected chi connectivity index (χ3v) is 3.89. The van der Waals surface area contributed by atoms with Crippen LogP contribution in [-0.2, 0) is 17.8 Å².